The fourth-order valence-electron chi connectivity index (χ4n) is 5.08. The minimum Gasteiger partial charge on any atom is -0.399 e. The van der Waals surface area contributed by atoms with Gasteiger partial charge in [-0.15, -0.1) is 0 Å². The van der Waals surface area contributed by atoms with Crippen molar-refractivity contribution in [1.82, 2.24) is 15.0 Å². The van der Waals surface area contributed by atoms with Crippen molar-refractivity contribution in [2.45, 2.75) is 36.0 Å². The van der Waals surface area contributed by atoms with E-state index in [9.17, 15) is 18.5 Å². The molecule has 33 heavy (non-hydrogen) atoms. The van der Waals surface area contributed by atoms with E-state index in [1.54, 1.807) is 24.3 Å². The number of sulfonamides is 1. The van der Waals surface area contributed by atoms with Crippen LogP contribution >= 0.6 is 0 Å². The van der Waals surface area contributed by atoms with Crippen LogP contribution in [0.15, 0.2) is 58.1 Å². The van der Waals surface area contributed by atoms with Gasteiger partial charge in [0.1, 0.15) is 10.6 Å². The maximum Gasteiger partial charge on any atom is 0.433 e. The number of nitro groups is 1. The van der Waals surface area contributed by atoms with Gasteiger partial charge in [-0.1, -0.05) is 0 Å². The fraction of sp³-hybridized carbons (Fsp3) is 0.227. The van der Waals surface area contributed by atoms with Crippen molar-refractivity contribution in [2.24, 2.45) is 0 Å². The molecule has 2 atom stereocenters. The van der Waals surface area contributed by atoms with Crippen molar-refractivity contribution < 1.29 is 17.8 Å². The minimum atomic E-state index is -3.90. The summed E-state index contributed by atoms with van der Waals surface area (Å²) >= 11 is 0. The molecule has 1 N–H and O–H groups in total. The van der Waals surface area contributed by atoms with Crippen molar-refractivity contribution in [3.8, 4) is 11.5 Å². The Balaban J connectivity index is 1.51. The second-order valence-electron chi connectivity index (χ2n) is 8.25. The van der Waals surface area contributed by atoms with Crippen LogP contribution in [0, 0.1) is 10.1 Å². The molecule has 0 amide bonds. The van der Waals surface area contributed by atoms with Crippen molar-refractivity contribution in [3.05, 3.63) is 70.0 Å². The van der Waals surface area contributed by atoms with Gasteiger partial charge >= 0.3 is 5.88 Å². The molecule has 2 bridgehead atoms. The zero-order valence-corrected chi connectivity index (χ0v) is 17.9. The van der Waals surface area contributed by atoms with E-state index in [0.29, 0.717) is 22.9 Å². The van der Waals surface area contributed by atoms with E-state index in [1.807, 2.05) is 0 Å². The summed E-state index contributed by atoms with van der Waals surface area (Å²) in [4.78, 5) is 23.2. The third-order valence-corrected chi connectivity index (χ3v) is 7.72. The first-order valence-corrected chi connectivity index (χ1v) is 11.9. The van der Waals surface area contributed by atoms with Crippen LogP contribution in [0.2, 0.25) is 0 Å². The van der Waals surface area contributed by atoms with Gasteiger partial charge < -0.3 is 4.42 Å². The molecular weight excluding hydrogens is 446 g/mol. The number of rotatable bonds is 5. The summed E-state index contributed by atoms with van der Waals surface area (Å²) in [5.41, 5.74) is 3.30. The smallest absolute Gasteiger partial charge is 0.399 e. The average Bonchev–Trinajstić information content (AvgIpc) is 3.55. The van der Waals surface area contributed by atoms with Gasteiger partial charge in [-0.3, -0.25) is 10.1 Å². The SMILES string of the molecule is O=[N+]([O-])c1ccc(-c2nc3ccc(S(=O)(=O)Nc4ncccn4)cc3c3c2C2CCC3C2)o1. The van der Waals surface area contributed by atoms with Crippen LogP contribution in [0.5, 0.6) is 0 Å². The maximum atomic E-state index is 13.0. The number of aromatic nitrogens is 3. The van der Waals surface area contributed by atoms with Gasteiger partial charge in [0, 0.05) is 17.8 Å². The van der Waals surface area contributed by atoms with Gasteiger partial charge in [0.15, 0.2) is 5.76 Å². The number of nitrogens with zero attached hydrogens (tertiary/aromatic N) is 4. The summed E-state index contributed by atoms with van der Waals surface area (Å²) < 4.78 is 33.8. The van der Waals surface area contributed by atoms with Gasteiger partial charge in [0.2, 0.25) is 5.95 Å². The van der Waals surface area contributed by atoms with E-state index in [0.717, 1.165) is 35.8 Å². The molecule has 3 heterocycles. The molecule has 2 unspecified atom stereocenters. The summed E-state index contributed by atoms with van der Waals surface area (Å²) in [6, 6.07) is 9.27. The highest BCUT2D eigenvalue weighted by Gasteiger charge is 2.41. The van der Waals surface area contributed by atoms with Gasteiger partial charge in [0.05, 0.1) is 16.5 Å². The lowest BCUT2D eigenvalue weighted by Gasteiger charge is -2.20. The Morgan fingerprint density at radius 2 is 1.82 bits per heavy atom. The van der Waals surface area contributed by atoms with E-state index >= 15 is 0 Å². The molecule has 166 valence electrons. The number of furan rings is 1. The van der Waals surface area contributed by atoms with Crippen LogP contribution in [-0.2, 0) is 10.0 Å². The molecule has 2 aliphatic rings. The molecule has 1 aromatic carbocycles. The summed E-state index contributed by atoms with van der Waals surface area (Å²) in [5.74, 6) is 0.584. The second kappa shape index (κ2) is 7.07. The minimum absolute atomic E-state index is 0.00484. The molecule has 4 aromatic rings. The van der Waals surface area contributed by atoms with E-state index in [2.05, 4.69) is 14.7 Å². The van der Waals surface area contributed by atoms with Gasteiger partial charge in [-0.2, -0.15) is 0 Å². The van der Waals surface area contributed by atoms with Crippen molar-refractivity contribution in [2.75, 3.05) is 4.72 Å². The quantitative estimate of drug-likeness (QED) is 0.340. The molecular formula is C22H17N5O5S. The van der Waals surface area contributed by atoms with Crippen LogP contribution in [0.4, 0.5) is 11.8 Å². The summed E-state index contributed by atoms with van der Waals surface area (Å²) in [7, 11) is -3.90. The molecule has 10 nitrogen and oxygen atoms in total. The van der Waals surface area contributed by atoms with E-state index in [4.69, 9.17) is 9.40 Å². The molecule has 11 heteroatoms. The van der Waals surface area contributed by atoms with Crippen LogP contribution < -0.4 is 4.72 Å². The maximum absolute atomic E-state index is 13.0. The standard InChI is InChI=1S/C22H17N5O5S/c28-27(29)18-7-6-17(32-18)21-20-13-3-2-12(10-13)19(20)15-11-14(4-5-16(15)25-21)33(30,31)26-22-23-8-1-9-24-22/h1,4-9,11-13H,2-3,10H2,(H,23,24,26). The van der Waals surface area contributed by atoms with Crippen molar-refractivity contribution in [1.29, 1.82) is 0 Å². The van der Waals surface area contributed by atoms with E-state index in [1.165, 1.54) is 24.5 Å². The van der Waals surface area contributed by atoms with Crippen LogP contribution in [0.25, 0.3) is 22.4 Å². The zero-order valence-electron chi connectivity index (χ0n) is 17.1. The molecule has 1 fully saturated rings. The van der Waals surface area contributed by atoms with Crippen LogP contribution in [0.3, 0.4) is 0 Å². The topological polar surface area (TPSA) is 141 Å². The summed E-state index contributed by atoms with van der Waals surface area (Å²) in [6.07, 6.45) is 5.89. The number of hydrogen-bond acceptors (Lipinski definition) is 8. The highest BCUT2D eigenvalue weighted by atomic mass is 32.2. The van der Waals surface area contributed by atoms with Gasteiger partial charge in [0.25, 0.3) is 10.0 Å². The number of fused-ring (bicyclic) bond motifs is 7. The number of anilines is 1. The number of pyridine rings is 1. The molecule has 0 saturated heterocycles. The first-order valence-electron chi connectivity index (χ1n) is 10.4. The molecule has 2 aliphatic carbocycles. The highest BCUT2D eigenvalue weighted by molar-refractivity contribution is 7.92. The largest absolute Gasteiger partial charge is 0.433 e. The predicted octanol–water partition coefficient (Wildman–Crippen LogP) is 4.36. The van der Waals surface area contributed by atoms with Crippen LogP contribution in [0.1, 0.15) is 42.2 Å². The van der Waals surface area contributed by atoms with Crippen molar-refractivity contribution in [3.63, 3.8) is 0 Å². The molecule has 0 aliphatic heterocycles. The lowest BCUT2D eigenvalue weighted by molar-refractivity contribution is -0.401. The number of hydrogen-bond donors (Lipinski definition) is 1. The number of benzene rings is 1. The van der Waals surface area contributed by atoms with Gasteiger partial charge in [-0.05, 0) is 72.6 Å². The van der Waals surface area contributed by atoms with Gasteiger partial charge in [-0.25, -0.2) is 28.1 Å². The van der Waals surface area contributed by atoms with E-state index < -0.39 is 14.9 Å². The second-order valence-corrected chi connectivity index (χ2v) is 9.93. The summed E-state index contributed by atoms with van der Waals surface area (Å²) in [5, 5.41) is 11.9. The first-order chi connectivity index (χ1) is 15.9. The van der Waals surface area contributed by atoms with Crippen molar-refractivity contribution >= 4 is 32.8 Å². The average molecular weight is 463 g/mol. The lowest BCUT2D eigenvalue weighted by atomic mass is 9.87. The highest BCUT2D eigenvalue weighted by Crippen LogP contribution is 2.57. The predicted molar refractivity (Wildman–Crippen MR) is 118 cm³/mol. The molecule has 0 spiro atoms. The fourth-order valence-corrected chi connectivity index (χ4v) is 6.06. The Morgan fingerprint density at radius 1 is 1.06 bits per heavy atom. The lowest BCUT2D eigenvalue weighted by Crippen LogP contribution is -2.15. The Kier molecular flexibility index (Phi) is 4.24. The third-order valence-electron chi connectivity index (χ3n) is 6.39. The Morgan fingerprint density at radius 3 is 2.55 bits per heavy atom. The Hall–Kier alpha value is -3.86. The number of nitrogens with one attached hydrogen (secondary N) is 1. The Bertz CT molecular complexity index is 1530. The molecule has 1 saturated carbocycles. The monoisotopic (exact) mass is 463 g/mol. The normalized spacial score (nSPS) is 19.0. The van der Waals surface area contributed by atoms with E-state index in [-0.39, 0.29) is 22.6 Å². The van der Waals surface area contributed by atoms with Crippen LogP contribution in [-0.4, -0.2) is 28.3 Å². The third kappa shape index (κ3) is 3.15. The summed E-state index contributed by atoms with van der Waals surface area (Å²) in [6.45, 7) is 0. The molecule has 3 aromatic heterocycles. The first kappa shape index (κ1) is 19.8. The Labute approximate surface area is 187 Å². The molecule has 0 radical (unpaired) electrons. The molecule has 6 rings (SSSR count). The zero-order chi connectivity index (χ0) is 22.7.